The second kappa shape index (κ2) is 10.8. The van der Waals surface area contributed by atoms with Crippen molar-refractivity contribution < 1.29 is 28.8 Å². The molecule has 1 aliphatic heterocycles. The smallest absolute Gasteiger partial charge is 0.335 e. The molecule has 188 valence electrons. The van der Waals surface area contributed by atoms with E-state index >= 15 is 0 Å². The maximum absolute atomic E-state index is 13.2. The van der Waals surface area contributed by atoms with Crippen molar-refractivity contribution in [3.63, 3.8) is 0 Å². The first-order valence-electron chi connectivity index (χ1n) is 10.9. The summed E-state index contributed by atoms with van der Waals surface area (Å²) in [6.07, 6.45) is 1.38. The van der Waals surface area contributed by atoms with Gasteiger partial charge in [0.05, 0.1) is 21.3 Å². The molecule has 1 N–H and O–H groups in total. The van der Waals surface area contributed by atoms with Gasteiger partial charge in [0.2, 0.25) is 0 Å². The van der Waals surface area contributed by atoms with Crippen LogP contribution >= 0.6 is 22.6 Å². The van der Waals surface area contributed by atoms with Gasteiger partial charge in [-0.15, -0.1) is 0 Å². The monoisotopic (exact) mass is 613 g/mol. The lowest BCUT2D eigenvalue weighted by molar-refractivity contribution is -0.384. The summed E-state index contributed by atoms with van der Waals surface area (Å²) in [5, 5.41) is 13.2. The van der Waals surface area contributed by atoms with Gasteiger partial charge in [-0.1, -0.05) is 30.3 Å². The van der Waals surface area contributed by atoms with Crippen molar-refractivity contribution in [1.29, 1.82) is 0 Å². The number of nitrogens with zero attached hydrogens (tertiary/aromatic N) is 2. The zero-order chi connectivity index (χ0) is 26.7. The van der Waals surface area contributed by atoms with E-state index in [1.807, 2.05) is 22.6 Å². The maximum Gasteiger partial charge on any atom is 0.335 e. The number of imide groups is 2. The van der Waals surface area contributed by atoms with Crippen LogP contribution in [0.15, 0.2) is 66.2 Å². The van der Waals surface area contributed by atoms with E-state index in [9.17, 15) is 24.5 Å². The summed E-state index contributed by atoms with van der Waals surface area (Å²) in [6, 6.07) is 15.4. The molecule has 0 aromatic heterocycles. The van der Waals surface area contributed by atoms with Gasteiger partial charge in [-0.2, -0.15) is 0 Å². The number of nitro groups is 1. The predicted octanol–water partition coefficient (Wildman–Crippen LogP) is 4.76. The summed E-state index contributed by atoms with van der Waals surface area (Å²) in [4.78, 5) is 49.7. The van der Waals surface area contributed by atoms with Gasteiger partial charge < -0.3 is 9.47 Å². The first kappa shape index (κ1) is 25.8. The number of nitrogens with one attached hydrogen (secondary N) is 1. The average molecular weight is 613 g/mol. The summed E-state index contributed by atoms with van der Waals surface area (Å²) < 4.78 is 12.0. The van der Waals surface area contributed by atoms with Crippen LogP contribution in [0.4, 0.5) is 16.2 Å². The van der Waals surface area contributed by atoms with Gasteiger partial charge in [-0.25, -0.2) is 9.69 Å². The molecular weight excluding hydrogens is 593 g/mol. The average Bonchev–Trinajstić information content (AvgIpc) is 2.86. The van der Waals surface area contributed by atoms with Crippen LogP contribution in [0.2, 0.25) is 0 Å². The van der Waals surface area contributed by atoms with Crippen molar-refractivity contribution in [1.82, 2.24) is 5.32 Å². The summed E-state index contributed by atoms with van der Waals surface area (Å²) in [7, 11) is 1.44. The highest BCUT2D eigenvalue weighted by Gasteiger charge is 2.37. The van der Waals surface area contributed by atoms with Crippen molar-refractivity contribution >= 4 is 57.9 Å². The fourth-order valence-corrected chi connectivity index (χ4v) is 4.52. The molecule has 1 aliphatic rings. The van der Waals surface area contributed by atoms with E-state index < -0.39 is 22.8 Å². The predicted molar refractivity (Wildman–Crippen MR) is 143 cm³/mol. The van der Waals surface area contributed by atoms with Gasteiger partial charge in [-0.3, -0.25) is 25.0 Å². The number of methoxy groups -OCH3 is 1. The summed E-state index contributed by atoms with van der Waals surface area (Å²) in [6.45, 7) is 1.82. The van der Waals surface area contributed by atoms with Crippen molar-refractivity contribution in [2.24, 2.45) is 0 Å². The van der Waals surface area contributed by atoms with Crippen LogP contribution in [0.5, 0.6) is 11.5 Å². The number of barbiturate groups is 1. The Labute approximate surface area is 225 Å². The minimum absolute atomic E-state index is 0.0432. The number of rotatable bonds is 7. The van der Waals surface area contributed by atoms with Gasteiger partial charge in [0, 0.05) is 12.1 Å². The standard InChI is InChI=1S/C26H20IN3O7/c1-15-6-3-4-9-21(15)29-25(32)19(24(31)28-26(29)33)11-17-12-20(27)23(22(13-17)36-2)37-14-16-7-5-8-18(10-16)30(34)35/h3-13H,14H2,1-2H3,(H,28,31,33)/b19-11+. The van der Waals surface area contributed by atoms with Crippen LogP contribution in [0, 0.1) is 20.6 Å². The Morgan fingerprint density at radius 2 is 1.84 bits per heavy atom. The second-order valence-electron chi connectivity index (χ2n) is 7.99. The molecule has 0 aliphatic carbocycles. The largest absolute Gasteiger partial charge is 0.493 e. The number of ether oxygens (including phenoxy) is 2. The molecule has 1 heterocycles. The molecular formula is C26H20IN3O7. The number of hydrogen-bond acceptors (Lipinski definition) is 7. The number of halogens is 1. The Morgan fingerprint density at radius 1 is 1.08 bits per heavy atom. The highest BCUT2D eigenvalue weighted by Crippen LogP contribution is 2.36. The zero-order valence-electron chi connectivity index (χ0n) is 19.7. The lowest BCUT2D eigenvalue weighted by atomic mass is 10.1. The number of urea groups is 1. The summed E-state index contributed by atoms with van der Waals surface area (Å²) in [5.41, 5.74) is 1.89. The molecule has 3 aromatic rings. The molecule has 3 aromatic carbocycles. The van der Waals surface area contributed by atoms with E-state index in [0.717, 1.165) is 4.90 Å². The van der Waals surface area contributed by atoms with Crippen LogP contribution in [0.1, 0.15) is 16.7 Å². The number of amides is 4. The highest BCUT2D eigenvalue weighted by atomic mass is 127. The molecule has 0 atom stereocenters. The number of benzene rings is 3. The SMILES string of the molecule is COc1cc(/C=C2\C(=O)NC(=O)N(c3ccccc3C)C2=O)cc(I)c1OCc1cccc([N+](=O)[O-])c1. The molecule has 0 bridgehead atoms. The Hall–Kier alpha value is -4.26. The lowest BCUT2D eigenvalue weighted by Gasteiger charge is -2.27. The minimum atomic E-state index is -0.821. The number of nitro benzene ring substituents is 1. The number of hydrogen-bond donors (Lipinski definition) is 1. The van der Waals surface area contributed by atoms with E-state index in [1.165, 1.54) is 25.3 Å². The topological polar surface area (TPSA) is 128 Å². The Bertz CT molecular complexity index is 1470. The highest BCUT2D eigenvalue weighted by molar-refractivity contribution is 14.1. The van der Waals surface area contributed by atoms with E-state index in [-0.39, 0.29) is 17.9 Å². The number of non-ortho nitro benzene ring substituents is 1. The summed E-state index contributed by atoms with van der Waals surface area (Å²) >= 11 is 2.03. The van der Waals surface area contributed by atoms with Gasteiger partial charge in [-0.05, 0) is 70.5 Å². The molecule has 11 heteroatoms. The lowest BCUT2D eigenvalue weighted by Crippen LogP contribution is -2.54. The normalized spacial score (nSPS) is 14.5. The van der Waals surface area contributed by atoms with Crippen LogP contribution in [-0.4, -0.2) is 29.9 Å². The molecule has 1 fully saturated rings. The van der Waals surface area contributed by atoms with E-state index in [4.69, 9.17) is 9.47 Å². The third kappa shape index (κ3) is 5.45. The van der Waals surface area contributed by atoms with Gasteiger partial charge >= 0.3 is 6.03 Å². The van der Waals surface area contributed by atoms with Gasteiger partial charge in [0.15, 0.2) is 11.5 Å². The first-order chi connectivity index (χ1) is 17.7. The van der Waals surface area contributed by atoms with Crippen molar-refractivity contribution in [2.75, 3.05) is 12.0 Å². The van der Waals surface area contributed by atoms with Gasteiger partial charge in [0.1, 0.15) is 12.2 Å². The molecule has 0 radical (unpaired) electrons. The fraction of sp³-hybridized carbons (Fsp3) is 0.115. The Balaban J connectivity index is 1.64. The number of carbonyl (C=O) groups excluding carboxylic acids is 3. The number of anilines is 1. The van der Waals surface area contributed by atoms with Crippen LogP contribution in [0.25, 0.3) is 6.08 Å². The Kier molecular flexibility index (Phi) is 7.53. The fourth-order valence-electron chi connectivity index (χ4n) is 3.74. The van der Waals surface area contributed by atoms with Crippen molar-refractivity contribution in [3.05, 3.63) is 96.6 Å². The molecule has 0 saturated carbocycles. The van der Waals surface area contributed by atoms with E-state index in [1.54, 1.807) is 55.5 Å². The molecule has 10 nitrogen and oxygen atoms in total. The molecule has 0 unspecified atom stereocenters. The van der Waals surface area contributed by atoms with Crippen molar-refractivity contribution in [3.8, 4) is 11.5 Å². The van der Waals surface area contributed by atoms with Gasteiger partial charge in [0.25, 0.3) is 17.5 Å². The number of aryl methyl sites for hydroxylation is 1. The molecule has 4 amide bonds. The zero-order valence-corrected chi connectivity index (χ0v) is 21.8. The molecule has 1 saturated heterocycles. The number of carbonyl (C=O) groups is 3. The maximum atomic E-state index is 13.2. The molecule has 4 rings (SSSR count). The minimum Gasteiger partial charge on any atom is -0.493 e. The van der Waals surface area contributed by atoms with E-state index in [0.29, 0.717) is 37.4 Å². The summed E-state index contributed by atoms with van der Waals surface area (Å²) in [5.74, 6) is -0.824. The third-order valence-corrected chi connectivity index (χ3v) is 6.33. The Morgan fingerprint density at radius 3 is 2.54 bits per heavy atom. The van der Waals surface area contributed by atoms with Crippen LogP contribution in [0.3, 0.4) is 0 Å². The molecule has 37 heavy (non-hydrogen) atoms. The first-order valence-corrected chi connectivity index (χ1v) is 12.0. The quantitative estimate of drug-likeness (QED) is 0.134. The van der Waals surface area contributed by atoms with Crippen LogP contribution in [-0.2, 0) is 16.2 Å². The second-order valence-corrected chi connectivity index (χ2v) is 9.16. The van der Waals surface area contributed by atoms with Crippen LogP contribution < -0.4 is 19.7 Å². The number of para-hydroxylation sites is 1. The molecule has 0 spiro atoms. The third-order valence-electron chi connectivity index (χ3n) is 5.53. The van der Waals surface area contributed by atoms with Crippen molar-refractivity contribution in [2.45, 2.75) is 13.5 Å². The van der Waals surface area contributed by atoms with E-state index in [2.05, 4.69) is 5.32 Å².